The highest BCUT2D eigenvalue weighted by molar-refractivity contribution is 5.89. The second kappa shape index (κ2) is 5.81. The molecular formula is C17H22O3. The normalized spacial score (nSPS) is 13.4. The first-order valence-corrected chi connectivity index (χ1v) is 6.93. The zero-order valence-corrected chi connectivity index (χ0v) is 12.3. The van der Waals surface area contributed by atoms with Gasteiger partial charge in [0.15, 0.2) is 0 Å². The zero-order chi connectivity index (χ0) is 14.8. The third-order valence-electron chi connectivity index (χ3n) is 3.32. The molecule has 2 N–H and O–H groups in total. The van der Waals surface area contributed by atoms with Crippen LogP contribution in [0.25, 0.3) is 10.8 Å². The minimum absolute atomic E-state index is 0.414. The Balaban J connectivity index is 2.35. The summed E-state index contributed by atoms with van der Waals surface area (Å²) in [4.78, 5) is 0. The summed E-state index contributed by atoms with van der Waals surface area (Å²) in [5, 5.41) is 21.7. The monoisotopic (exact) mass is 274 g/mol. The van der Waals surface area contributed by atoms with Crippen molar-refractivity contribution in [1.82, 2.24) is 0 Å². The number of benzene rings is 2. The van der Waals surface area contributed by atoms with Crippen LogP contribution < -0.4 is 4.74 Å². The van der Waals surface area contributed by atoms with Crippen molar-refractivity contribution in [3.8, 4) is 5.75 Å². The highest BCUT2D eigenvalue weighted by Gasteiger charge is 2.16. The number of ether oxygens (including phenoxy) is 1. The van der Waals surface area contributed by atoms with Crippen LogP contribution >= 0.6 is 0 Å². The minimum Gasteiger partial charge on any atom is -0.492 e. The lowest BCUT2D eigenvalue weighted by Gasteiger charge is -2.20. The maximum Gasteiger partial charge on any atom is 0.132 e. The van der Waals surface area contributed by atoms with E-state index in [2.05, 4.69) is 0 Å². The fraction of sp³-hybridized carbons (Fsp3) is 0.412. The van der Waals surface area contributed by atoms with Crippen LogP contribution in [0.2, 0.25) is 0 Å². The van der Waals surface area contributed by atoms with Crippen LogP contribution in [-0.2, 0) is 0 Å². The molecule has 1 atom stereocenters. The Bertz CT molecular complexity index is 582. The van der Waals surface area contributed by atoms with Crippen molar-refractivity contribution in [2.24, 2.45) is 0 Å². The van der Waals surface area contributed by atoms with Gasteiger partial charge in [0.05, 0.1) is 18.3 Å². The van der Waals surface area contributed by atoms with Crippen molar-refractivity contribution >= 4 is 10.8 Å². The van der Waals surface area contributed by atoms with Gasteiger partial charge in [-0.15, -0.1) is 0 Å². The smallest absolute Gasteiger partial charge is 0.132 e. The molecule has 3 nitrogen and oxygen atoms in total. The Kier molecular flexibility index (Phi) is 4.31. The Labute approximate surface area is 119 Å². The van der Waals surface area contributed by atoms with E-state index < -0.39 is 11.7 Å². The number of rotatable bonds is 5. The molecule has 0 aromatic heterocycles. The molecule has 108 valence electrons. The van der Waals surface area contributed by atoms with Gasteiger partial charge in [-0.05, 0) is 26.2 Å². The SMILES string of the molecule is C[C@@H](O)c1ccc2ccccc2c1OCCC(C)(C)O. The minimum atomic E-state index is -0.754. The highest BCUT2D eigenvalue weighted by atomic mass is 16.5. The second-order valence-corrected chi connectivity index (χ2v) is 5.79. The van der Waals surface area contributed by atoms with E-state index in [1.807, 2.05) is 36.4 Å². The second-order valence-electron chi connectivity index (χ2n) is 5.79. The molecule has 0 amide bonds. The predicted octanol–water partition coefficient (Wildman–Crippen LogP) is 3.43. The Morgan fingerprint density at radius 1 is 1.15 bits per heavy atom. The van der Waals surface area contributed by atoms with Gasteiger partial charge in [-0.1, -0.05) is 36.4 Å². The molecule has 2 rings (SSSR count). The summed E-state index contributed by atoms with van der Waals surface area (Å²) in [5.41, 5.74) is 0.0229. The van der Waals surface area contributed by atoms with Gasteiger partial charge in [-0.25, -0.2) is 0 Å². The first kappa shape index (κ1) is 14.8. The first-order chi connectivity index (χ1) is 9.38. The molecule has 20 heavy (non-hydrogen) atoms. The molecule has 0 fully saturated rings. The summed E-state index contributed by atoms with van der Waals surface area (Å²) in [6.07, 6.45) is -0.0492. The topological polar surface area (TPSA) is 49.7 Å². The molecule has 0 bridgehead atoms. The van der Waals surface area contributed by atoms with E-state index in [1.54, 1.807) is 20.8 Å². The van der Waals surface area contributed by atoms with Crippen LogP contribution in [0.1, 0.15) is 38.9 Å². The lowest BCUT2D eigenvalue weighted by atomic mass is 10.0. The van der Waals surface area contributed by atoms with Crippen LogP contribution in [0.15, 0.2) is 36.4 Å². The standard InChI is InChI=1S/C17H22O3/c1-12(18)14-9-8-13-6-4-5-7-15(13)16(14)20-11-10-17(2,3)19/h4-9,12,18-19H,10-11H2,1-3H3/t12-/m1/s1. The number of aliphatic hydroxyl groups excluding tert-OH is 1. The van der Waals surface area contributed by atoms with Gasteiger partial charge in [0.1, 0.15) is 5.75 Å². The predicted molar refractivity (Wildman–Crippen MR) is 81.0 cm³/mol. The van der Waals surface area contributed by atoms with E-state index in [4.69, 9.17) is 4.74 Å². The van der Waals surface area contributed by atoms with Crippen LogP contribution in [0.3, 0.4) is 0 Å². The molecule has 0 aliphatic carbocycles. The average Bonchev–Trinajstić information content (AvgIpc) is 2.37. The quantitative estimate of drug-likeness (QED) is 0.878. The van der Waals surface area contributed by atoms with Crippen LogP contribution in [-0.4, -0.2) is 22.4 Å². The Morgan fingerprint density at radius 3 is 2.50 bits per heavy atom. The van der Waals surface area contributed by atoms with E-state index >= 15 is 0 Å². The Hall–Kier alpha value is -1.58. The van der Waals surface area contributed by atoms with Gasteiger partial charge in [0.2, 0.25) is 0 Å². The Morgan fingerprint density at radius 2 is 1.85 bits per heavy atom. The van der Waals surface area contributed by atoms with Crippen molar-refractivity contribution in [3.63, 3.8) is 0 Å². The number of aliphatic hydroxyl groups is 2. The lowest BCUT2D eigenvalue weighted by Crippen LogP contribution is -2.22. The number of fused-ring (bicyclic) bond motifs is 1. The molecule has 0 aliphatic rings. The van der Waals surface area contributed by atoms with E-state index in [0.717, 1.165) is 16.3 Å². The van der Waals surface area contributed by atoms with E-state index in [-0.39, 0.29) is 0 Å². The molecule has 0 heterocycles. The van der Waals surface area contributed by atoms with Crippen molar-refractivity contribution in [2.75, 3.05) is 6.61 Å². The van der Waals surface area contributed by atoms with Crippen LogP contribution in [0, 0.1) is 0 Å². The number of hydrogen-bond acceptors (Lipinski definition) is 3. The third-order valence-corrected chi connectivity index (χ3v) is 3.32. The first-order valence-electron chi connectivity index (χ1n) is 6.93. The van der Waals surface area contributed by atoms with Crippen molar-refractivity contribution in [2.45, 2.75) is 38.9 Å². The molecular weight excluding hydrogens is 252 g/mol. The molecule has 2 aromatic rings. The zero-order valence-electron chi connectivity index (χ0n) is 12.3. The summed E-state index contributed by atoms with van der Waals surface area (Å²) >= 11 is 0. The van der Waals surface area contributed by atoms with Gasteiger partial charge in [-0.3, -0.25) is 0 Å². The molecule has 0 spiro atoms. The lowest BCUT2D eigenvalue weighted by molar-refractivity contribution is 0.0550. The number of hydrogen-bond donors (Lipinski definition) is 2. The average molecular weight is 274 g/mol. The molecule has 0 unspecified atom stereocenters. The molecule has 0 saturated heterocycles. The van der Waals surface area contributed by atoms with E-state index in [0.29, 0.717) is 18.8 Å². The highest BCUT2D eigenvalue weighted by Crippen LogP contribution is 2.33. The molecule has 0 aliphatic heterocycles. The van der Waals surface area contributed by atoms with Crippen molar-refractivity contribution in [1.29, 1.82) is 0 Å². The molecule has 0 radical (unpaired) electrons. The summed E-state index contributed by atoms with van der Waals surface area (Å²) in [6, 6.07) is 11.8. The van der Waals surface area contributed by atoms with Gasteiger partial charge in [-0.2, -0.15) is 0 Å². The van der Waals surface area contributed by atoms with Gasteiger partial charge >= 0.3 is 0 Å². The summed E-state index contributed by atoms with van der Waals surface area (Å²) in [6.45, 7) is 5.66. The summed E-state index contributed by atoms with van der Waals surface area (Å²) < 4.78 is 5.87. The summed E-state index contributed by atoms with van der Waals surface area (Å²) in [7, 11) is 0. The van der Waals surface area contributed by atoms with E-state index in [1.165, 1.54) is 0 Å². The molecule has 0 saturated carbocycles. The third kappa shape index (κ3) is 3.50. The maximum absolute atomic E-state index is 9.89. The van der Waals surface area contributed by atoms with Gasteiger partial charge < -0.3 is 14.9 Å². The van der Waals surface area contributed by atoms with E-state index in [9.17, 15) is 10.2 Å². The molecule has 3 heteroatoms. The van der Waals surface area contributed by atoms with Gasteiger partial charge in [0.25, 0.3) is 0 Å². The van der Waals surface area contributed by atoms with Crippen LogP contribution in [0.5, 0.6) is 5.75 Å². The molecule has 2 aromatic carbocycles. The largest absolute Gasteiger partial charge is 0.492 e. The van der Waals surface area contributed by atoms with Crippen molar-refractivity contribution < 1.29 is 14.9 Å². The van der Waals surface area contributed by atoms with Gasteiger partial charge in [0, 0.05) is 17.4 Å². The maximum atomic E-state index is 9.89. The summed E-state index contributed by atoms with van der Waals surface area (Å²) in [5.74, 6) is 0.711. The van der Waals surface area contributed by atoms with Crippen molar-refractivity contribution in [3.05, 3.63) is 42.0 Å². The fourth-order valence-electron chi connectivity index (χ4n) is 2.15. The van der Waals surface area contributed by atoms with Crippen LogP contribution in [0.4, 0.5) is 0 Å². The fourth-order valence-corrected chi connectivity index (χ4v) is 2.15.